The van der Waals surface area contributed by atoms with Crippen LogP contribution in [0.15, 0.2) is 42.5 Å². The van der Waals surface area contributed by atoms with Crippen molar-refractivity contribution in [1.29, 1.82) is 0 Å². The SMILES string of the molecule is COc1cccc(CCC(=O)N2CCOc3ccc(CN4CCOCC4)cc3C2)c1. The van der Waals surface area contributed by atoms with Gasteiger partial charge in [0.05, 0.1) is 26.9 Å². The number of nitrogens with zero attached hydrogens (tertiary/aromatic N) is 2. The van der Waals surface area contributed by atoms with Crippen molar-refractivity contribution in [2.75, 3.05) is 46.6 Å². The first-order chi connectivity index (χ1) is 14.7. The average Bonchev–Trinajstić information content (AvgIpc) is 3.00. The van der Waals surface area contributed by atoms with Crippen LogP contribution in [-0.4, -0.2) is 62.3 Å². The molecule has 2 aromatic carbocycles. The molecular weight excluding hydrogens is 380 g/mol. The Morgan fingerprint density at radius 2 is 1.90 bits per heavy atom. The Labute approximate surface area is 178 Å². The number of rotatable bonds is 6. The normalized spacial score (nSPS) is 17.0. The first-order valence-electron chi connectivity index (χ1n) is 10.7. The molecule has 6 heteroatoms. The molecule has 0 unspecified atom stereocenters. The molecule has 0 N–H and O–H groups in total. The molecule has 2 aliphatic rings. The molecule has 0 atom stereocenters. The van der Waals surface area contributed by atoms with Crippen molar-refractivity contribution in [2.24, 2.45) is 0 Å². The quantitative estimate of drug-likeness (QED) is 0.733. The standard InChI is InChI=1S/C24H30N2O4/c1-28-22-4-2-3-19(16-22)6-8-24(27)26-11-14-30-23-7-5-20(15-21(23)18-26)17-25-9-12-29-13-10-25/h2-5,7,15-16H,6,8-14,17-18H2,1H3. The maximum atomic E-state index is 12.9. The summed E-state index contributed by atoms with van der Waals surface area (Å²) >= 11 is 0. The number of morpholine rings is 1. The molecule has 6 nitrogen and oxygen atoms in total. The van der Waals surface area contributed by atoms with Crippen LogP contribution in [0.5, 0.6) is 11.5 Å². The highest BCUT2D eigenvalue weighted by Crippen LogP contribution is 2.26. The number of methoxy groups -OCH3 is 1. The van der Waals surface area contributed by atoms with Gasteiger partial charge in [0.2, 0.25) is 5.91 Å². The Kier molecular flexibility index (Phi) is 6.87. The molecule has 160 valence electrons. The summed E-state index contributed by atoms with van der Waals surface area (Å²) < 4.78 is 16.6. The molecular formula is C24H30N2O4. The summed E-state index contributed by atoms with van der Waals surface area (Å²) in [5.41, 5.74) is 3.46. The fourth-order valence-corrected chi connectivity index (χ4v) is 4.01. The van der Waals surface area contributed by atoms with E-state index in [0.29, 0.717) is 32.5 Å². The van der Waals surface area contributed by atoms with Gasteiger partial charge in [0, 0.05) is 38.2 Å². The van der Waals surface area contributed by atoms with Crippen LogP contribution in [0.3, 0.4) is 0 Å². The monoisotopic (exact) mass is 410 g/mol. The fourth-order valence-electron chi connectivity index (χ4n) is 4.01. The molecule has 1 amide bonds. The Hall–Kier alpha value is -2.57. The number of amides is 1. The van der Waals surface area contributed by atoms with Gasteiger partial charge in [-0.05, 0) is 41.8 Å². The number of carbonyl (C=O) groups is 1. The van der Waals surface area contributed by atoms with E-state index in [4.69, 9.17) is 14.2 Å². The number of fused-ring (bicyclic) bond motifs is 1. The summed E-state index contributed by atoms with van der Waals surface area (Å²) in [5.74, 6) is 1.88. The number of benzene rings is 2. The van der Waals surface area contributed by atoms with Crippen molar-refractivity contribution in [1.82, 2.24) is 9.80 Å². The predicted molar refractivity (Wildman–Crippen MR) is 115 cm³/mol. The van der Waals surface area contributed by atoms with Crippen LogP contribution >= 0.6 is 0 Å². The lowest BCUT2D eigenvalue weighted by atomic mass is 10.1. The summed E-state index contributed by atoms with van der Waals surface area (Å²) in [5, 5.41) is 0. The second kappa shape index (κ2) is 9.96. The van der Waals surface area contributed by atoms with Crippen LogP contribution in [0.2, 0.25) is 0 Å². The molecule has 1 saturated heterocycles. The molecule has 0 aliphatic carbocycles. The second-order valence-electron chi connectivity index (χ2n) is 7.85. The molecule has 0 spiro atoms. The summed E-state index contributed by atoms with van der Waals surface area (Å²) in [6.45, 7) is 6.16. The first kappa shape index (κ1) is 20.7. The van der Waals surface area contributed by atoms with Crippen LogP contribution in [0.25, 0.3) is 0 Å². The molecule has 2 aliphatic heterocycles. The molecule has 0 bridgehead atoms. The minimum atomic E-state index is 0.160. The van der Waals surface area contributed by atoms with E-state index in [1.807, 2.05) is 29.2 Å². The van der Waals surface area contributed by atoms with Gasteiger partial charge >= 0.3 is 0 Å². The first-order valence-corrected chi connectivity index (χ1v) is 10.7. The van der Waals surface area contributed by atoms with Gasteiger partial charge in [0.25, 0.3) is 0 Å². The maximum absolute atomic E-state index is 12.9. The third-order valence-corrected chi connectivity index (χ3v) is 5.73. The van der Waals surface area contributed by atoms with E-state index in [1.165, 1.54) is 5.56 Å². The van der Waals surface area contributed by atoms with E-state index >= 15 is 0 Å². The zero-order chi connectivity index (χ0) is 20.8. The number of hydrogen-bond acceptors (Lipinski definition) is 5. The van der Waals surface area contributed by atoms with E-state index in [2.05, 4.69) is 23.1 Å². The Morgan fingerprint density at radius 3 is 2.73 bits per heavy atom. The van der Waals surface area contributed by atoms with E-state index in [0.717, 1.165) is 55.5 Å². The van der Waals surface area contributed by atoms with Crippen molar-refractivity contribution in [2.45, 2.75) is 25.9 Å². The van der Waals surface area contributed by atoms with Crippen molar-refractivity contribution in [3.8, 4) is 11.5 Å². The van der Waals surface area contributed by atoms with Gasteiger partial charge in [-0.2, -0.15) is 0 Å². The molecule has 1 fully saturated rings. The molecule has 4 rings (SSSR count). The highest BCUT2D eigenvalue weighted by atomic mass is 16.5. The molecule has 0 aromatic heterocycles. The van der Waals surface area contributed by atoms with Gasteiger partial charge in [-0.1, -0.05) is 18.2 Å². The molecule has 0 radical (unpaired) electrons. The minimum Gasteiger partial charge on any atom is -0.497 e. The summed E-state index contributed by atoms with van der Waals surface area (Å²) in [6.07, 6.45) is 1.19. The lowest BCUT2D eigenvalue weighted by Gasteiger charge is -2.27. The highest BCUT2D eigenvalue weighted by molar-refractivity contribution is 5.76. The zero-order valence-electron chi connectivity index (χ0n) is 17.6. The lowest BCUT2D eigenvalue weighted by Crippen LogP contribution is -2.35. The van der Waals surface area contributed by atoms with Crippen molar-refractivity contribution in [3.63, 3.8) is 0 Å². The third kappa shape index (κ3) is 5.32. The van der Waals surface area contributed by atoms with Gasteiger partial charge < -0.3 is 19.1 Å². The van der Waals surface area contributed by atoms with Gasteiger partial charge in [0.1, 0.15) is 18.1 Å². The van der Waals surface area contributed by atoms with E-state index < -0.39 is 0 Å². The summed E-state index contributed by atoms with van der Waals surface area (Å²) in [6, 6.07) is 14.3. The second-order valence-corrected chi connectivity index (χ2v) is 7.85. The molecule has 30 heavy (non-hydrogen) atoms. The van der Waals surface area contributed by atoms with E-state index in [-0.39, 0.29) is 5.91 Å². The Balaban J connectivity index is 1.38. The number of aryl methyl sites for hydroxylation is 1. The Bertz CT molecular complexity index is 864. The van der Waals surface area contributed by atoms with Crippen LogP contribution < -0.4 is 9.47 Å². The molecule has 0 saturated carbocycles. The van der Waals surface area contributed by atoms with E-state index in [1.54, 1.807) is 7.11 Å². The van der Waals surface area contributed by atoms with Crippen molar-refractivity contribution >= 4 is 5.91 Å². The average molecular weight is 411 g/mol. The minimum absolute atomic E-state index is 0.160. The van der Waals surface area contributed by atoms with Crippen LogP contribution in [0.1, 0.15) is 23.1 Å². The Morgan fingerprint density at radius 1 is 1.03 bits per heavy atom. The summed E-state index contributed by atoms with van der Waals surface area (Å²) in [7, 11) is 1.66. The van der Waals surface area contributed by atoms with Crippen LogP contribution in [0.4, 0.5) is 0 Å². The maximum Gasteiger partial charge on any atom is 0.223 e. The number of carbonyl (C=O) groups excluding carboxylic acids is 1. The zero-order valence-corrected chi connectivity index (χ0v) is 17.6. The topological polar surface area (TPSA) is 51.2 Å². The van der Waals surface area contributed by atoms with Gasteiger partial charge in [-0.3, -0.25) is 9.69 Å². The smallest absolute Gasteiger partial charge is 0.223 e. The summed E-state index contributed by atoms with van der Waals surface area (Å²) in [4.78, 5) is 17.2. The van der Waals surface area contributed by atoms with Crippen LogP contribution in [0, 0.1) is 0 Å². The number of hydrogen-bond donors (Lipinski definition) is 0. The van der Waals surface area contributed by atoms with Gasteiger partial charge in [0.15, 0.2) is 0 Å². The molecule has 2 aromatic rings. The van der Waals surface area contributed by atoms with Crippen LogP contribution in [-0.2, 0) is 29.0 Å². The largest absolute Gasteiger partial charge is 0.497 e. The third-order valence-electron chi connectivity index (χ3n) is 5.73. The van der Waals surface area contributed by atoms with Gasteiger partial charge in [-0.25, -0.2) is 0 Å². The predicted octanol–water partition coefficient (Wildman–Crippen LogP) is 2.88. The van der Waals surface area contributed by atoms with Crippen molar-refractivity contribution < 1.29 is 19.0 Å². The fraction of sp³-hybridized carbons (Fsp3) is 0.458. The van der Waals surface area contributed by atoms with Gasteiger partial charge in [-0.15, -0.1) is 0 Å². The number of ether oxygens (including phenoxy) is 3. The van der Waals surface area contributed by atoms with E-state index in [9.17, 15) is 4.79 Å². The van der Waals surface area contributed by atoms with Crippen molar-refractivity contribution in [3.05, 3.63) is 59.2 Å². The molecule has 2 heterocycles. The highest BCUT2D eigenvalue weighted by Gasteiger charge is 2.21. The lowest BCUT2D eigenvalue weighted by molar-refractivity contribution is -0.131.